The predicted molar refractivity (Wildman–Crippen MR) is 49.3 cm³/mol. The maximum absolute atomic E-state index is 9.30. The Bertz CT molecular complexity index is 262. The zero-order valence-electron chi connectivity index (χ0n) is 7.16. The fraction of sp³-hybridized carbons (Fsp3) is 0.444. The van der Waals surface area contributed by atoms with Crippen LogP contribution >= 0.6 is 11.6 Å². The number of hydrogen-bond donors (Lipinski definition) is 1. The number of pyridine rings is 1. The van der Waals surface area contributed by atoms with E-state index < -0.39 is 6.10 Å². The van der Waals surface area contributed by atoms with Gasteiger partial charge < -0.3 is 5.11 Å². The van der Waals surface area contributed by atoms with Crippen LogP contribution in [0.5, 0.6) is 0 Å². The molecule has 1 aromatic rings. The van der Waals surface area contributed by atoms with Crippen molar-refractivity contribution in [1.82, 2.24) is 4.98 Å². The van der Waals surface area contributed by atoms with Gasteiger partial charge in [0.05, 0.1) is 16.8 Å². The lowest BCUT2D eigenvalue weighted by Gasteiger charge is -2.14. The fourth-order valence-corrected chi connectivity index (χ4v) is 1.26. The van der Waals surface area contributed by atoms with E-state index in [0.717, 1.165) is 5.69 Å². The SMILES string of the molecule is C[C@H](O)[C@@H](C)c1ncccc1Cl. The van der Waals surface area contributed by atoms with Crippen LogP contribution in [0, 0.1) is 0 Å². The summed E-state index contributed by atoms with van der Waals surface area (Å²) in [7, 11) is 0. The number of rotatable bonds is 2. The summed E-state index contributed by atoms with van der Waals surface area (Å²) < 4.78 is 0. The molecule has 2 nitrogen and oxygen atoms in total. The van der Waals surface area contributed by atoms with Crippen molar-refractivity contribution in [3.63, 3.8) is 0 Å². The molecule has 0 spiro atoms. The topological polar surface area (TPSA) is 33.1 Å². The van der Waals surface area contributed by atoms with Gasteiger partial charge >= 0.3 is 0 Å². The molecule has 0 bridgehead atoms. The van der Waals surface area contributed by atoms with E-state index in [-0.39, 0.29) is 5.92 Å². The highest BCUT2D eigenvalue weighted by molar-refractivity contribution is 6.31. The first-order valence-corrected chi connectivity index (χ1v) is 4.29. The summed E-state index contributed by atoms with van der Waals surface area (Å²) in [6, 6.07) is 3.56. The maximum Gasteiger partial charge on any atom is 0.0643 e. The maximum atomic E-state index is 9.30. The van der Waals surface area contributed by atoms with Crippen molar-refractivity contribution in [1.29, 1.82) is 0 Å². The minimum Gasteiger partial charge on any atom is -0.393 e. The largest absolute Gasteiger partial charge is 0.393 e. The third-order valence-corrected chi connectivity index (χ3v) is 2.26. The zero-order chi connectivity index (χ0) is 9.14. The highest BCUT2D eigenvalue weighted by Gasteiger charge is 2.15. The third kappa shape index (κ3) is 1.96. The number of aromatic nitrogens is 1. The van der Waals surface area contributed by atoms with Crippen LogP contribution in [-0.2, 0) is 0 Å². The van der Waals surface area contributed by atoms with Gasteiger partial charge in [0.2, 0.25) is 0 Å². The van der Waals surface area contributed by atoms with Crippen LogP contribution in [0.15, 0.2) is 18.3 Å². The van der Waals surface area contributed by atoms with Gasteiger partial charge in [0, 0.05) is 12.1 Å². The van der Waals surface area contributed by atoms with Crippen molar-refractivity contribution in [2.24, 2.45) is 0 Å². The van der Waals surface area contributed by atoms with Gasteiger partial charge in [-0.25, -0.2) is 0 Å². The lowest BCUT2D eigenvalue weighted by Crippen LogP contribution is -2.12. The number of halogens is 1. The Morgan fingerprint density at radius 1 is 1.50 bits per heavy atom. The molecule has 0 aromatic carbocycles. The Morgan fingerprint density at radius 2 is 2.17 bits per heavy atom. The van der Waals surface area contributed by atoms with Crippen LogP contribution < -0.4 is 0 Å². The summed E-state index contributed by atoms with van der Waals surface area (Å²) in [6.07, 6.45) is 1.26. The molecule has 66 valence electrons. The number of aliphatic hydroxyl groups excluding tert-OH is 1. The molecular weight excluding hydrogens is 174 g/mol. The lowest BCUT2D eigenvalue weighted by molar-refractivity contribution is 0.167. The Labute approximate surface area is 77.2 Å². The minimum atomic E-state index is -0.419. The second-order valence-electron chi connectivity index (χ2n) is 2.90. The van der Waals surface area contributed by atoms with Gasteiger partial charge in [-0.15, -0.1) is 0 Å². The van der Waals surface area contributed by atoms with Crippen LogP contribution in [-0.4, -0.2) is 16.2 Å². The second kappa shape index (κ2) is 3.87. The van der Waals surface area contributed by atoms with Crippen LogP contribution in [0.2, 0.25) is 5.02 Å². The van der Waals surface area contributed by atoms with E-state index >= 15 is 0 Å². The normalized spacial score (nSPS) is 15.7. The monoisotopic (exact) mass is 185 g/mol. The molecule has 12 heavy (non-hydrogen) atoms. The highest BCUT2D eigenvalue weighted by atomic mass is 35.5. The van der Waals surface area contributed by atoms with Crippen molar-refractivity contribution in [3.05, 3.63) is 29.0 Å². The molecule has 0 amide bonds. The molecule has 1 N–H and O–H groups in total. The van der Waals surface area contributed by atoms with Crippen molar-refractivity contribution in [3.8, 4) is 0 Å². The third-order valence-electron chi connectivity index (χ3n) is 1.94. The summed E-state index contributed by atoms with van der Waals surface area (Å²) in [5.74, 6) is -0.0151. The Hall–Kier alpha value is -0.600. The molecule has 0 radical (unpaired) electrons. The van der Waals surface area contributed by atoms with Crippen LogP contribution in [0.3, 0.4) is 0 Å². The van der Waals surface area contributed by atoms with Gasteiger partial charge in [-0.1, -0.05) is 18.5 Å². The standard InChI is InChI=1S/C9H12ClNO/c1-6(7(2)12)9-8(10)4-3-5-11-9/h3-7,12H,1-2H3/t6-,7+/m1/s1. The van der Waals surface area contributed by atoms with E-state index in [1.165, 1.54) is 0 Å². The summed E-state index contributed by atoms with van der Waals surface area (Å²) in [5, 5.41) is 9.92. The first-order valence-electron chi connectivity index (χ1n) is 3.91. The minimum absolute atomic E-state index is 0.0151. The van der Waals surface area contributed by atoms with E-state index in [0.29, 0.717) is 5.02 Å². The van der Waals surface area contributed by atoms with E-state index in [4.69, 9.17) is 11.6 Å². The number of nitrogens with zero attached hydrogens (tertiary/aromatic N) is 1. The fourth-order valence-electron chi connectivity index (χ4n) is 0.961. The van der Waals surface area contributed by atoms with E-state index in [1.807, 2.05) is 6.92 Å². The molecule has 0 unspecified atom stereocenters. The predicted octanol–water partition coefficient (Wildman–Crippen LogP) is 2.22. The van der Waals surface area contributed by atoms with Crippen molar-refractivity contribution in [2.75, 3.05) is 0 Å². The van der Waals surface area contributed by atoms with Gasteiger partial charge in [0.15, 0.2) is 0 Å². The van der Waals surface area contributed by atoms with Gasteiger partial charge in [-0.05, 0) is 19.1 Å². The molecule has 0 aliphatic rings. The van der Waals surface area contributed by atoms with E-state index in [1.54, 1.807) is 25.3 Å². The molecular formula is C9H12ClNO. The lowest BCUT2D eigenvalue weighted by atomic mass is 10.0. The molecule has 0 aliphatic heterocycles. The molecule has 0 aliphatic carbocycles. The van der Waals surface area contributed by atoms with Crippen molar-refractivity contribution in [2.45, 2.75) is 25.9 Å². The van der Waals surface area contributed by atoms with Gasteiger partial charge in [0.25, 0.3) is 0 Å². The van der Waals surface area contributed by atoms with Crippen LogP contribution in [0.25, 0.3) is 0 Å². The summed E-state index contributed by atoms with van der Waals surface area (Å²) in [6.45, 7) is 3.63. The average molecular weight is 186 g/mol. The van der Waals surface area contributed by atoms with Gasteiger partial charge in [0.1, 0.15) is 0 Å². The number of aliphatic hydroxyl groups is 1. The highest BCUT2D eigenvalue weighted by Crippen LogP contribution is 2.23. The molecule has 1 aromatic heterocycles. The first-order chi connectivity index (χ1) is 5.63. The molecule has 1 heterocycles. The quantitative estimate of drug-likeness (QED) is 0.767. The molecule has 3 heteroatoms. The first kappa shape index (κ1) is 9.49. The molecule has 0 fully saturated rings. The zero-order valence-corrected chi connectivity index (χ0v) is 7.92. The molecule has 0 saturated heterocycles. The van der Waals surface area contributed by atoms with Crippen molar-refractivity contribution >= 4 is 11.6 Å². The van der Waals surface area contributed by atoms with E-state index in [2.05, 4.69) is 4.98 Å². The van der Waals surface area contributed by atoms with Crippen molar-refractivity contribution < 1.29 is 5.11 Å². The molecule has 0 saturated carbocycles. The molecule has 2 atom stereocenters. The Balaban J connectivity index is 2.94. The van der Waals surface area contributed by atoms with Crippen LogP contribution in [0.4, 0.5) is 0 Å². The summed E-state index contributed by atoms with van der Waals surface area (Å²) >= 11 is 5.89. The average Bonchev–Trinajstić information content (AvgIpc) is 2.04. The second-order valence-corrected chi connectivity index (χ2v) is 3.31. The van der Waals surface area contributed by atoms with Gasteiger partial charge in [-0.2, -0.15) is 0 Å². The smallest absolute Gasteiger partial charge is 0.0643 e. The van der Waals surface area contributed by atoms with Gasteiger partial charge in [-0.3, -0.25) is 4.98 Å². The van der Waals surface area contributed by atoms with Crippen LogP contribution in [0.1, 0.15) is 25.5 Å². The Kier molecular flexibility index (Phi) is 3.06. The summed E-state index contributed by atoms with van der Waals surface area (Å²) in [5.41, 5.74) is 0.758. The summed E-state index contributed by atoms with van der Waals surface area (Å²) in [4.78, 5) is 4.11. The molecule has 1 rings (SSSR count). The Morgan fingerprint density at radius 3 is 2.67 bits per heavy atom. The van der Waals surface area contributed by atoms with E-state index in [9.17, 15) is 5.11 Å². The number of hydrogen-bond acceptors (Lipinski definition) is 2.